The predicted octanol–water partition coefficient (Wildman–Crippen LogP) is 4.01. The van der Waals surface area contributed by atoms with E-state index in [1.165, 1.54) is 12.0 Å². The normalized spacial score (nSPS) is 17.7. The fourth-order valence-corrected chi connectivity index (χ4v) is 4.30. The number of rotatable bonds is 4. The summed E-state index contributed by atoms with van der Waals surface area (Å²) in [5.74, 6) is 2.34. The summed E-state index contributed by atoms with van der Waals surface area (Å²) in [7, 11) is 0. The summed E-state index contributed by atoms with van der Waals surface area (Å²) in [5, 5.41) is 16.6. The molecule has 3 aromatic rings. The van der Waals surface area contributed by atoms with Crippen LogP contribution >= 0.6 is 0 Å². The van der Waals surface area contributed by atoms with Gasteiger partial charge in [0.2, 0.25) is 0 Å². The van der Waals surface area contributed by atoms with Gasteiger partial charge in [0.1, 0.15) is 13.2 Å². The zero-order valence-corrected chi connectivity index (χ0v) is 16.6. The molecule has 150 valence electrons. The van der Waals surface area contributed by atoms with Gasteiger partial charge in [-0.3, -0.25) is 0 Å². The van der Waals surface area contributed by atoms with E-state index < -0.39 is 0 Å². The molecule has 0 bridgehead atoms. The summed E-state index contributed by atoms with van der Waals surface area (Å²) in [6.45, 7) is 3.23. The minimum atomic E-state index is -0.301. The van der Waals surface area contributed by atoms with E-state index in [-0.39, 0.29) is 5.54 Å². The molecule has 2 aliphatic rings. The maximum Gasteiger partial charge on any atom is 0.181 e. The number of hydrogen-bond donors (Lipinski definition) is 1. The molecule has 1 aromatic heterocycles. The van der Waals surface area contributed by atoms with Gasteiger partial charge in [0.25, 0.3) is 0 Å². The molecule has 1 saturated carbocycles. The molecule has 0 spiro atoms. The number of anilines is 1. The Hall–Kier alpha value is -3.09. The molecule has 1 aliphatic heterocycles. The third kappa shape index (κ3) is 3.41. The van der Waals surface area contributed by atoms with Crippen LogP contribution in [0.1, 0.15) is 43.5 Å². The first-order chi connectivity index (χ1) is 14.2. The lowest BCUT2D eigenvalue weighted by Crippen LogP contribution is -2.40. The number of hydrogen-bond acceptors (Lipinski definition) is 6. The summed E-state index contributed by atoms with van der Waals surface area (Å²) in [6, 6.07) is 14.4. The number of aromatic nitrogens is 4. The first kappa shape index (κ1) is 18.0. The second-order valence-corrected chi connectivity index (χ2v) is 7.88. The number of ether oxygens (including phenoxy) is 2. The third-order valence-corrected chi connectivity index (χ3v) is 5.81. The molecule has 1 N–H and O–H groups in total. The van der Waals surface area contributed by atoms with Crippen molar-refractivity contribution in [1.82, 2.24) is 20.2 Å². The molecule has 0 saturated heterocycles. The standard InChI is InChI=1S/C22H25N5O2/c1-16-5-7-17(8-6-16)23-22(11-3-2-4-12-22)21-24-25-26-27(21)18-9-10-19-20(15-18)29-14-13-28-19/h5-10,15,23H,2-4,11-14H2,1H3. The monoisotopic (exact) mass is 391 g/mol. The van der Waals surface area contributed by atoms with Gasteiger partial charge >= 0.3 is 0 Å². The SMILES string of the molecule is Cc1ccc(NC2(c3nnnn3-c3ccc4c(c3)OCCO4)CCCCC2)cc1. The fourth-order valence-electron chi connectivity index (χ4n) is 4.30. The topological polar surface area (TPSA) is 74.1 Å². The largest absolute Gasteiger partial charge is 0.486 e. The van der Waals surface area contributed by atoms with Gasteiger partial charge in [-0.05, 0) is 54.5 Å². The number of benzene rings is 2. The summed E-state index contributed by atoms with van der Waals surface area (Å²) in [4.78, 5) is 0. The lowest BCUT2D eigenvalue weighted by molar-refractivity contribution is 0.171. The lowest BCUT2D eigenvalue weighted by Gasteiger charge is -2.37. The Labute approximate surface area is 170 Å². The van der Waals surface area contributed by atoms with E-state index in [1.807, 2.05) is 22.9 Å². The van der Waals surface area contributed by atoms with Crippen molar-refractivity contribution in [3.63, 3.8) is 0 Å². The summed E-state index contributed by atoms with van der Waals surface area (Å²) in [5.41, 5.74) is 2.91. The zero-order valence-electron chi connectivity index (χ0n) is 16.6. The highest BCUT2D eigenvalue weighted by molar-refractivity contribution is 5.51. The highest BCUT2D eigenvalue weighted by atomic mass is 16.6. The van der Waals surface area contributed by atoms with Gasteiger partial charge in [-0.2, -0.15) is 4.68 Å². The van der Waals surface area contributed by atoms with Crippen LogP contribution in [0.5, 0.6) is 11.5 Å². The zero-order chi connectivity index (χ0) is 19.7. The molecule has 2 heterocycles. The summed E-state index contributed by atoms with van der Waals surface area (Å²) < 4.78 is 13.2. The summed E-state index contributed by atoms with van der Waals surface area (Å²) in [6.07, 6.45) is 5.51. The second-order valence-electron chi connectivity index (χ2n) is 7.88. The molecule has 1 aliphatic carbocycles. The number of nitrogens with one attached hydrogen (secondary N) is 1. The average molecular weight is 391 g/mol. The maximum absolute atomic E-state index is 5.76. The minimum absolute atomic E-state index is 0.301. The first-order valence-corrected chi connectivity index (χ1v) is 10.3. The van der Waals surface area contributed by atoms with E-state index in [0.717, 1.165) is 54.4 Å². The van der Waals surface area contributed by atoms with Crippen LogP contribution in [0.4, 0.5) is 5.69 Å². The van der Waals surface area contributed by atoms with Gasteiger partial charge in [-0.15, -0.1) is 5.10 Å². The average Bonchev–Trinajstić information content (AvgIpc) is 3.27. The number of aryl methyl sites for hydroxylation is 1. The van der Waals surface area contributed by atoms with Gasteiger partial charge in [-0.25, -0.2) is 0 Å². The van der Waals surface area contributed by atoms with Crippen LogP contribution in [0.3, 0.4) is 0 Å². The van der Waals surface area contributed by atoms with E-state index in [4.69, 9.17) is 9.47 Å². The Morgan fingerprint density at radius 3 is 2.48 bits per heavy atom. The van der Waals surface area contributed by atoms with Crippen molar-refractivity contribution in [1.29, 1.82) is 0 Å². The Bertz CT molecular complexity index is 993. The Kier molecular flexibility index (Phi) is 4.58. The molecule has 0 atom stereocenters. The highest BCUT2D eigenvalue weighted by Gasteiger charge is 2.39. The molecule has 7 nitrogen and oxygen atoms in total. The molecular formula is C22H25N5O2. The van der Waals surface area contributed by atoms with Crippen LogP contribution in [0, 0.1) is 6.92 Å². The van der Waals surface area contributed by atoms with E-state index in [2.05, 4.69) is 52.0 Å². The van der Waals surface area contributed by atoms with Crippen LogP contribution in [0.2, 0.25) is 0 Å². The molecule has 7 heteroatoms. The molecule has 5 rings (SSSR count). The van der Waals surface area contributed by atoms with Crippen LogP contribution in [0.15, 0.2) is 42.5 Å². The molecule has 1 fully saturated rings. The molecule has 0 radical (unpaired) electrons. The smallest absolute Gasteiger partial charge is 0.181 e. The van der Waals surface area contributed by atoms with Crippen LogP contribution in [-0.4, -0.2) is 33.4 Å². The molecule has 0 amide bonds. The fraction of sp³-hybridized carbons (Fsp3) is 0.409. The Morgan fingerprint density at radius 1 is 0.931 bits per heavy atom. The van der Waals surface area contributed by atoms with Crippen molar-refractivity contribution >= 4 is 5.69 Å². The highest BCUT2D eigenvalue weighted by Crippen LogP contribution is 2.40. The van der Waals surface area contributed by atoms with E-state index in [9.17, 15) is 0 Å². The van der Waals surface area contributed by atoms with E-state index in [0.29, 0.717) is 13.2 Å². The van der Waals surface area contributed by atoms with E-state index in [1.54, 1.807) is 0 Å². The quantitative estimate of drug-likeness (QED) is 0.724. The van der Waals surface area contributed by atoms with Crippen molar-refractivity contribution < 1.29 is 9.47 Å². The third-order valence-electron chi connectivity index (χ3n) is 5.81. The van der Waals surface area contributed by atoms with Gasteiger partial charge in [-0.1, -0.05) is 37.0 Å². The molecule has 0 unspecified atom stereocenters. The van der Waals surface area contributed by atoms with Gasteiger partial charge < -0.3 is 14.8 Å². The summed E-state index contributed by atoms with van der Waals surface area (Å²) >= 11 is 0. The predicted molar refractivity (Wildman–Crippen MR) is 110 cm³/mol. The second kappa shape index (κ2) is 7.39. The van der Waals surface area contributed by atoms with Crippen molar-refractivity contribution in [2.24, 2.45) is 0 Å². The van der Waals surface area contributed by atoms with Crippen molar-refractivity contribution in [3.05, 3.63) is 53.9 Å². The van der Waals surface area contributed by atoms with Crippen molar-refractivity contribution in [2.75, 3.05) is 18.5 Å². The molecular weight excluding hydrogens is 366 g/mol. The Balaban J connectivity index is 1.54. The minimum Gasteiger partial charge on any atom is -0.486 e. The van der Waals surface area contributed by atoms with Gasteiger partial charge in [0.15, 0.2) is 17.3 Å². The van der Waals surface area contributed by atoms with Gasteiger partial charge in [0, 0.05) is 11.8 Å². The number of fused-ring (bicyclic) bond motifs is 1. The number of tetrazole rings is 1. The van der Waals surface area contributed by atoms with Crippen molar-refractivity contribution in [3.8, 4) is 17.2 Å². The molecule has 29 heavy (non-hydrogen) atoms. The van der Waals surface area contributed by atoms with Crippen LogP contribution in [0.25, 0.3) is 5.69 Å². The maximum atomic E-state index is 5.76. The molecule has 2 aromatic carbocycles. The van der Waals surface area contributed by atoms with Crippen LogP contribution in [-0.2, 0) is 5.54 Å². The van der Waals surface area contributed by atoms with Crippen LogP contribution < -0.4 is 14.8 Å². The first-order valence-electron chi connectivity index (χ1n) is 10.3. The van der Waals surface area contributed by atoms with Crippen molar-refractivity contribution in [2.45, 2.75) is 44.6 Å². The van der Waals surface area contributed by atoms with Gasteiger partial charge in [0.05, 0.1) is 11.2 Å². The van der Waals surface area contributed by atoms with E-state index >= 15 is 0 Å². The lowest BCUT2D eigenvalue weighted by atomic mass is 9.80. The Morgan fingerprint density at radius 2 is 1.69 bits per heavy atom. The number of nitrogens with zero attached hydrogens (tertiary/aromatic N) is 4.